The number of carbonyl (C=O) groups is 1. The fourth-order valence-electron chi connectivity index (χ4n) is 0.741. The standard InChI is InChI=1S/C8H7O/c1-2-7-4-3-5-8(7)6-9/h2-6H,1H2. The van der Waals surface area contributed by atoms with Gasteiger partial charge in [0.2, 0.25) is 0 Å². The van der Waals surface area contributed by atoms with Crippen LogP contribution in [-0.2, 0) is 4.79 Å². The SMILES string of the molecule is C=C[C]1[CH][CH][CH][C]1C=O. The quantitative estimate of drug-likeness (QED) is 0.498. The molecule has 1 saturated carbocycles. The van der Waals surface area contributed by atoms with Gasteiger partial charge in [-0.3, -0.25) is 0 Å². The molecule has 0 saturated heterocycles. The van der Waals surface area contributed by atoms with Crippen LogP contribution in [0.1, 0.15) is 0 Å². The van der Waals surface area contributed by atoms with Crippen LogP contribution in [0.4, 0.5) is 0 Å². The molecule has 0 aliphatic heterocycles. The van der Waals surface area contributed by atoms with Crippen LogP contribution in [0.25, 0.3) is 0 Å². The van der Waals surface area contributed by atoms with Crippen molar-refractivity contribution in [1.29, 1.82) is 0 Å². The zero-order valence-corrected chi connectivity index (χ0v) is 5.00. The van der Waals surface area contributed by atoms with Gasteiger partial charge in [-0.25, -0.2) is 0 Å². The largest absolute Gasteiger partial charge is 0.303 e. The minimum atomic E-state index is 0.713. The molecule has 1 nitrogen and oxygen atoms in total. The van der Waals surface area contributed by atoms with Crippen molar-refractivity contribution in [3.63, 3.8) is 0 Å². The Morgan fingerprint density at radius 1 is 1.33 bits per heavy atom. The van der Waals surface area contributed by atoms with Crippen LogP contribution in [0.15, 0.2) is 12.7 Å². The van der Waals surface area contributed by atoms with Gasteiger partial charge in [-0.1, -0.05) is 6.08 Å². The lowest BCUT2D eigenvalue weighted by atomic mass is 9.98. The van der Waals surface area contributed by atoms with Crippen molar-refractivity contribution < 1.29 is 4.79 Å². The smallest absolute Gasteiger partial charge is 0.128 e. The van der Waals surface area contributed by atoms with Gasteiger partial charge in [0.15, 0.2) is 0 Å². The van der Waals surface area contributed by atoms with Crippen LogP contribution in [-0.4, -0.2) is 6.29 Å². The Balaban J connectivity index is 2.50. The maximum atomic E-state index is 10.2. The van der Waals surface area contributed by atoms with Gasteiger partial charge in [0, 0.05) is 5.92 Å². The van der Waals surface area contributed by atoms with E-state index in [-0.39, 0.29) is 0 Å². The van der Waals surface area contributed by atoms with Crippen LogP contribution in [0, 0.1) is 31.1 Å². The Morgan fingerprint density at radius 3 is 2.44 bits per heavy atom. The predicted molar refractivity (Wildman–Crippen MR) is 35.6 cm³/mol. The highest BCUT2D eigenvalue weighted by Gasteiger charge is 2.25. The highest BCUT2D eigenvalue weighted by atomic mass is 16.1. The van der Waals surface area contributed by atoms with E-state index in [2.05, 4.69) is 6.58 Å². The van der Waals surface area contributed by atoms with E-state index >= 15 is 0 Å². The van der Waals surface area contributed by atoms with Crippen molar-refractivity contribution in [1.82, 2.24) is 0 Å². The topological polar surface area (TPSA) is 17.1 Å². The molecule has 0 spiro atoms. The minimum absolute atomic E-state index is 0.713. The summed E-state index contributed by atoms with van der Waals surface area (Å²) in [4.78, 5) is 10.2. The van der Waals surface area contributed by atoms with Gasteiger partial charge in [0.05, 0.1) is 5.92 Å². The molecule has 0 aromatic heterocycles. The molecule has 45 valence electrons. The van der Waals surface area contributed by atoms with Crippen LogP contribution < -0.4 is 0 Å². The lowest BCUT2D eigenvalue weighted by Crippen LogP contribution is -2.00. The molecular formula is C8H7O. The van der Waals surface area contributed by atoms with Crippen LogP contribution in [0.2, 0.25) is 0 Å². The van der Waals surface area contributed by atoms with E-state index in [1.807, 2.05) is 12.8 Å². The fraction of sp³-hybridized carbons (Fsp3) is 0. The van der Waals surface area contributed by atoms with Crippen molar-refractivity contribution >= 4 is 6.29 Å². The first-order valence-corrected chi connectivity index (χ1v) is 2.72. The predicted octanol–water partition coefficient (Wildman–Crippen LogP) is 1.15. The van der Waals surface area contributed by atoms with Crippen molar-refractivity contribution in [2.75, 3.05) is 0 Å². The molecule has 0 unspecified atom stereocenters. The van der Waals surface area contributed by atoms with Crippen LogP contribution in [0.3, 0.4) is 0 Å². The summed E-state index contributed by atoms with van der Waals surface area (Å²) >= 11 is 0. The number of allylic oxidation sites excluding steroid dienone is 1. The van der Waals surface area contributed by atoms with Crippen molar-refractivity contribution in [2.24, 2.45) is 0 Å². The van der Waals surface area contributed by atoms with Crippen LogP contribution in [0.5, 0.6) is 0 Å². The first-order valence-electron chi connectivity index (χ1n) is 2.72. The van der Waals surface area contributed by atoms with Gasteiger partial charge in [0.1, 0.15) is 6.29 Å². The number of carbonyl (C=O) groups excluding carboxylic acids is 1. The average Bonchev–Trinajstić information content (AvgIpc) is 2.33. The van der Waals surface area contributed by atoms with Crippen molar-refractivity contribution in [3.8, 4) is 0 Å². The van der Waals surface area contributed by atoms with Crippen molar-refractivity contribution in [3.05, 3.63) is 43.8 Å². The third-order valence-corrected chi connectivity index (χ3v) is 1.23. The molecule has 0 atom stereocenters. The summed E-state index contributed by atoms with van der Waals surface area (Å²) in [5.41, 5.74) is 0. The molecule has 0 N–H and O–H groups in total. The number of aldehydes is 1. The molecule has 1 rings (SSSR count). The molecular weight excluding hydrogens is 112 g/mol. The molecule has 0 aromatic carbocycles. The van der Waals surface area contributed by atoms with E-state index < -0.39 is 0 Å². The molecule has 1 fully saturated rings. The second kappa shape index (κ2) is 2.81. The van der Waals surface area contributed by atoms with E-state index in [1.54, 1.807) is 12.5 Å². The molecule has 1 aliphatic rings. The van der Waals surface area contributed by atoms with Gasteiger partial charge in [-0.05, 0) is 19.3 Å². The summed E-state index contributed by atoms with van der Waals surface area (Å²) in [7, 11) is 0. The third-order valence-electron chi connectivity index (χ3n) is 1.23. The Labute approximate surface area is 55.8 Å². The molecule has 5 radical (unpaired) electrons. The molecule has 0 bridgehead atoms. The second-order valence-corrected chi connectivity index (χ2v) is 1.76. The maximum Gasteiger partial charge on any atom is 0.128 e. The highest BCUT2D eigenvalue weighted by Crippen LogP contribution is 2.31. The van der Waals surface area contributed by atoms with Gasteiger partial charge in [0.25, 0.3) is 0 Å². The zero-order valence-electron chi connectivity index (χ0n) is 5.00. The van der Waals surface area contributed by atoms with E-state index in [0.29, 0.717) is 5.92 Å². The lowest BCUT2D eigenvalue weighted by molar-refractivity contribution is -0.105. The summed E-state index contributed by atoms with van der Waals surface area (Å²) in [6, 6.07) is 0. The van der Waals surface area contributed by atoms with Crippen molar-refractivity contribution in [2.45, 2.75) is 0 Å². The average molecular weight is 119 g/mol. The molecule has 0 aromatic rings. The number of rotatable bonds is 2. The third kappa shape index (κ3) is 1.21. The van der Waals surface area contributed by atoms with Gasteiger partial charge in [-0.2, -0.15) is 0 Å². The molecule has 0 amide bonds. The Hall–Kier alpha value is -0.590. The number of hydrogen-bond acceptors (Lipinski definition) is 1. The molecule has 1 heteroatoms. The van der Waals surface area contributed by atoms with E-state index in [9.17, 15) is 4.79 Å². The normalized spacial score (nSPS) is 22.2. The lowest BCUT2D eigenvalue weighted by Gasteiger charge is -2.03. The fourth-order valence-corrected chi connectivity index (χ4v) is 0.741. The molecule has 0 heterocycles. The Morgan fingerprint density at radius 2 is 2.00 bits per heavy atom. The summed E-state index contributed by atoms with van der Waals surface area (Å²) in [6.07, 6.45) is 7.96. The molecule has 1 aliphatic carbocycles. The van der Waals surface area contributed by atoms with E-state index in [1.165, 1.54) is 0 Å². The summed E-state index contributed by atoms with van der Waals surface area (Å²) in [6.45, 7) is 3.55. The number of hydrogen-bond donors (Lipinski definition) is 0. The summed E-state index contributed by atoms with van der Waals surface area (Å²) in [5.74, 6) is 1.62. The van der Waals surface area contributed by atoms with E-state index in [4.69, 9.17) is 0 Å². The maximum absolute atomic E-state index is 10.2. The van der Waals surface area contributed by atoms with Gasteiger partial charge < -0.3 is 4.79 Å². The summed E-state index contributed by atoms with van der Waals surface area (Å²) in [5, 5.41) is 0. The van der Waals surface area contributed by atoms with E-state index in [0.717, 1.165) is 12.2 Å². The van der Waals surface area contributed by atoms with Gasteiger partial charge >= 0.3 is 0 Å². The summed E-state index contributed by atoms with van der Waals surface area (Å²) < 4.78 is 0. The zero-order chi connectivity index (χ0) is 6.69. The monoisotopic (exact) mass is 119 g/mol. The van der Waals surface area contributed by atoms with Crippen LogP contribution >= 0.6 is 0 Å². The Bertz CT molecular complexity index is 104. The first kappa shape index (κ1) is 6.53. The highest BCUT2D eigenvalue weighted by molar-refractivity contribution is 5.82. The first-order chi connectivity index (χ1) is 4.38. The molecule has 9 heavy (non-hydrogen) atoms. The Kier molecular flexibility index (Phi) is 2.04. The second-order valence-electron chi connectivity index (χ2n) is 1.76. The minimum Gasteiger partial charge on any atom is -0.303 e. The van der Waals surface area contributed by atoms with Gasteiger partial charge in [-0.15, -0.1) is 6.58 Å².